The molecule has 2 aliphatic rings. The van der Waals surface area contributed by atoms with Crippen molar-refractivity contribution in [2.24, 2.45) is 0 Å². The third-order valence-corrected chi connectivity index (χ3v) is 7.93. The Kier molecular flexibility index (Phi) is 5.59. The van der Waals surface area contributed by atoms with Crippen LogP contribution in [-0.4, -0.2) is 29.7 Å². The van der Waals surface area contributed by atoms with Crippen molar-refractivity contribution in [1.82, 2.24) is 9.47 Å². The zero-order valence-corrected chi connectivity index (χ0v) is 19.6. The molecule has 2 aromatic heterocycles. The lowest BCUT2D eigenvalue weighted by molar-refractivity contribution is 0.181. The molecular formula is C25H29N3O3S. The monoisotopic (exact) mass is 451 g/mol. The number of thiophene rings is 1. The molecule has 3 heterocycles. The van der Waals surface area contributed by atoms with Gasteiger partial charge in [0.05, 0.1) is 32.5 Å². The van der Waals surface area contributed by atoms with Crippen LogP contribution >= 0.6 is 11.3 Å². The van der Waals surface area contributed by atoms with Crippen molar-refractivity contribution in [2.45, 2.75) is 51.6 Å². The first-order valence-corrected chi connectivity index (χ1v) is 12.1. The quantitative estimate of drug-likeness (QED) is 0.535. The molecule has 32 heavy (non-hydrogen) atoms. The Hall–Kier alpha value is -2.93. The van der Waals surface area contributed by atoms with E-state index in [1.54, 1.807) is 20.3 Å². The van der Waals surface area contributed by atoms with Crippen LogP contribution in [0.25, 0.3) is 5.00 Å². The average Bonchev–Trinajstić information content (AvgIpc) is 3.41. The number of benzene rings is 1. The number of ether oxygens (including phenoxy) is 2. The molecule has 0 radical (unpaired) electrons. The van der Waals surface area contributed by atoms with Crippen LogP contribution in [0.2, 0.25) is 0 Å². The van der Waals surface area contributed by atoms with Crippen molar-refractivity contribution in [1.29, 1.82) is 0 Å². The Morgan fingerprint density at radius 2 is 2.00 bits per heavy atom. The fourth-order valence-corrected chi connectivity index (χ4v) is 6.41. The number of amides is 2. The minimum atomic E-state index is -0.125. The topological polar surface area (TPSA) is 55.7 Å². The van der Waals surface area contributed by atoms with Gasteiger partial charge in [0.2, 0.25) is 0 Å². The van der Waals surface area contributed by atoms with Crippen LogP contribution in [0.1, 0.15) is 53.9 Å². The Labute approximate surface area is 192 Å². The lowest BCUT2D eigenvalue weighted by Crippen LogP contribution is -2.37. The first-order valence-electron chi connectivity index (χ1n) is 11.2. The number of aromatic nitrogens is 1. The number of carbonyl (C=O) groups excluding carboxylic acids is 1. The highest BCUT2D eigenvalue weighted by Gasteiger charge is 2.34. The number of fused-ring (bicyclic) bond motifs is 5. The number of aryl methyl sites for hydroxylation is 1. The third-order valence-electron chi connectivity index (χ3n) is 6.60. The molecule has 5 rings (SSSR count). The Bertz CT molecular complexity index is 1150. The number of carbonyl (C=O) groups is 1. The van der Waals surface area contributed by atoms with Gasteiger partial charge in [-0.2, -0.15) is 0 Å². The molecule has 1 aromatic carbocycles. The van der Waals surface area contributed by atoms with E-state index in [1.807, 2.05) is 28.4 Å². The molecule has 1 unspecified atom stereocenters. The first kappa shape index (κ1) is 20.9. The van der Waals surface area contributed by atoms with Crippen LogP contribution in [0.15, 0.2) is 36.5 Å². The number of nitrogens with one attached hydrogen (secondary N) is 1. The largest absolute Gasteiger partial charge is 0.497 e. The van der Waals surface area contributed by atoms with Crippen LogP contribution in [0.4, 0.5) is 10.5 Å². The van der Waals surface area contributed by atoms with E-state index in [4.69, 9.17) is 9.47 Å². The van der Waals surface area contributed by atoms with E-state index in [1.165, 1.54) is 33.8 Å². The Balaban J connectivity index is 1.55. The number of urea groups is 1. The first-order chi connectivity index (χ1) is 15.6. The summed E-state index contributed by atoms with van der Waals surface area (Å²) in [5.74, 6) is 1.28. The van der Waals surface area contributed by atoms with Crippen LogP contribution < -0.4 is 14.8 Å². The van der Waals surface area contributed by atoms with Gasteiger partial charge in [-0.15, -0.1) is 11.3 Å². The molecule has 2 amide bonds. The summed E-state index contributed by atoms with van der Waals surface area (Å²) in [5.41, 5.74) is 4.55. The summed E-state index contributed by atoms with van der Waals surface area (Å²) in [7, 11) is 3.22. The summed E-state index contributed by atoms with van der Waals surface area (Å²) in [5, 5.41) is 4.38. The molecule has 6 nitrogen and oxygen atoms in total. The maximum Gasteiger partial charge on any atom is 0.322 e. The molecular weight excluding hydrogens is 422 g/mol. The van der Waals surface area contributed by atoms with Crippen molar-refractivity contribution in [2.75, 3.05) is 19.5 Å². The zero-order chi connectivity index (χ0) is 22.2. The Morgan fingerprint density at radius 1 is 1.16 bits per heavy atom. The molecule has 1 N–H and O–H groups in total. The van der Waals surface area contributed by atoms with E-state index >= 15 is 0 Å². The second-order valence-corrected chi connectivity index (χ2v) is 9.43. The van der Waals surface area contributed by atoms with E-state index in [9.17, 15) is 4.79 Å². The number of nitrogens with zero attached hydrogens (tertiary/aromatic N) is 2. The fourth-order valence-electron chi connectivity index (χ4n) is 5.01. The van der Waals surface area contributed by atoms with Gasteiger partial charge in [-0.1, -0.05) is 6.92 Å². The van der Waals surface area contributed by atoms with Gasteiger partial charge in [-0.05, 0) is 61.9 Å². The second-order valence-electron chi connectivity index (χ2n) is 8.35. The lowest BCUT2D eigenvalue weighted by atomic mass is 9.95. The molecule has 168 valence electrons. The van der Waals surface area contributed by atoms with Gasteiger partial charge in [0.1, 0.15) is 16.5 Å². The van der Waals surface area contributed by atoms with E-state index in [0.717, 1.165) is 25.0 Å². The summed E-state index contributed by atoms with van der Waals surface area (Å²) in [6, 6.07) is 9.54. The summed E-state index contributed by atoms with van der Waals surface area (Å²) in [6.07, 6.45) is 7.71. The zero-order valence-electron chi connectivity index (χ0n) is 18.8. The number of anilines is 1. The SMILES string of the molecule is CCC1c2cccn2-c2sc3c(c2CN1C(=O)Nc1cc(OC)ccc1OC)CCCC3. The fraction of sp³-hybridized carbons (Fsp3) is 0.400. The standard InChI is InChI=1S/C25H29N3O3S/c1-4-20-21-9-7-13-27(21)24-18(17-8-5-6-10-23(17)32-24)15-28(20)25(29)26-19-14-16(30-2)11-12-22(19)31-3/h7,9,11-14,20H,4-6,8,10,15H2,1-3H3,(H,26,29). The van der Waals surface area contributed by atoms with E-state index in [-0.39, 0.29) is 12.1 Å². The highest BCUT2D eigenvalue weighted by molar-refractivity contribution is 7.15. The van der Waals surface area contributed by atoms with Crippen LogP contribution in [0.3, 0.4) is 0 Å². The average molecular weight is 452 g/mol. The minimum Gasteiger partial charge on any atom is -0.497 e. The van der Waals surface area contributed by atoms with Crippen molar-refractivity contribution in [3.8, 4) is 16.5 Å². The maximum atomic E-state index is 13.7. The van der Waals surface area contributed by atoms with Crippen molar-refractivity contribution in [3.63, 3.8) is 0 Å². The van der Waals surface area contributed by atoms with E-state index in [2.05, 4.69) is 35.1 Å². The minimum absolute atomic E-state index is 0.0135. The summed E-state index contributed by atoms with van der Waals surface area (Å²) < 4.78 is 13.1. The number of methoxy groups -OCH3 is 2. The van der Waals surface area contributed by atoms with Crippen molar-refractivity contribution in [3.05, 3.63) is 58.2 Å². The predicted octanol–water partition coefficient (Wildman–Crippen LogP) is 5.93. The van der Waals surface area contributed by atoms with Gasteiger partial charge in [-0.3, -0.25) is 0 Å². The Morgan fingerprint density at radius 3 is 2.78 bits per heavy atom. The van der Waals surface area contributed by atoms with E-state index in [0.29, 0.717) is 23.7 Å². The summed E-state index contributed by atoms with van der Waals surface area (Å²) in [6.45, 7) is 2.75. The smallest absolute Gasteiger partial charge is 0.322 e. The molecule has 0 saturated carbocycles. The maximum absolute atomic E-state index is 13.7. The predicted molar refractivity (Wildman–Crippen MR) is 127 cm³/mol. The van der Waals surface area contributed by atoms with Crippen LogP contribution in [0.5, 0.6) is 11.5 Å². The summed E-state index contributed by atoms with van der Waals surface area (Å²) in [4.78, 5) is 17.2. The molecule has 0 spiro atoms. The van der Waals surface area contributed by atoms with Gasteiger partial charge < -0.3 is 24.3 Å². The van der Waals surface area contributed by atoms with Crippen molar-refractivity contribution < 1.29 is 14.3 Å². The third kappa shape index (κ3) is 3.45. The molecule has 3 aromatic rings. The number of rotatable bonds is 4. The molecule has 1 atom stereocenters. The molecule has 0 fully saturated rings. The van der Waals surface area contributed by atoms with Crippen LogP contribution in [0, 0.1) is 0 Å². The normalized spacial score (nSPS) is 17.1. The number of hydrogen-bond donors (Lipinski definition) is 1. The van der Waals surface area contributed by atoms with Gasteiger partial charge >= 0.3 is 6.03 Å². The summed E-state index contributed by atoms with van der Waals surface area (Å²) >= 11 is 1.91. The number of hydrogen-bond acceptors (Lipinski definition) is 4. The molecule has 0 bridgehead atoms. The molecule has 7 heteroatoms. The van der Waals surface area contributed by atoms with Crippen LogP contribution in [-0.2, 0) is 19.4 Å². The van der Waals surface area contributed by atoms with Gasteiger partial charge in [0.25, 0.3) is 0 Å². The molecule has 0 saturated heterocycles. The molecule has 1 aliphatic heterocycles. The van der Waals surface area contributed by atoms with Gasteiger partial charge in [-0.25, -0.2) is 4.79 Å². The van der Waals surface area contributed by atoms with E-state index < -0.39 is 0 Å². The molecule has 1 aliphatic carbocycles. The van der Waals surface area contributed by atoms with Crippen molar-refractivity contribution >= 4 is 23.1 Å². The lowest BCUT2D eigenvalue weighted by Gasteiger charge is -2.30. The highest BCUT2D eigenvalue weighted by atomic mass is 32.1. The highest BCUT2D eigenvalue weighted by Crippen LogP contribution is 2.43. The van der Waals surface area contributed by atoms with Gasteiger partial charge in [0, 0.05) is 28.4 Å². The second kappa shape index (κ2) is 8.54. The van der Waals surface area contributed by atoms with Gasteiger partial charge in [0.15, 0.2) is 0 Å².